The Bertz CT molecular complexity index is 524. The van der Waals surface area contributed by atoms with Gasteiger partial charge >= 0.3 is 11.9 Å². The third kappa shape index (κ3) is 3.72. The van der Waals surface area contributed by atoms with Crippen LogP contribution in [0.25, 0.3) is 0 Å². The van der Waals surface area contributed by atoms with Gasteiger partial charge in [-0.1, -0.05) is 11.6 Å². The Labute approximate surface area is 113 Å². The van der Waals surface area contributed by atoms with E-state index in [9.17, 15) is 14.4 Å². The van der Waals surface area contributed by atoms with Crippen molar-refractivity contribution < 1.29 is 23.9 Å². The van der Waals surface area contributed by atoms with Crippen LogP contribution in [-0.4, -0.2) is 17.2 Å². The molecule has 1 rings (SSSR count). The zero-order valence-electron chi connectivity index (χ0n) is 9.45. The molecule has 0 aliphatic heterocycles. The molecule has 96 valence electrons. The summed E-state index contributed by atoms with van der Waals surface area (Å²) in [6, 6.07) is 2.38. The number of esters is 2. The van der Waals surface area contributed by atoms with Gasteiger partial charge in [0.1, 0.15) is 0 Å². The first-order chi connectivity index (χ1) is 8.31. The highest BCUT2D eigenvalue weighted by Crippen LogP contribution is 2.37. The van der Waals surface area contributed by atoms with Gasteiger partial charge in [0.2, 0.25) is 0 Å². The lowest BCUT2D eigenvalue weighted by atomic mass is 10.2. The molecule has 0 atom stereocenters. The van der Waals surface area contributed by atoms with E-state index in [0.717, 1.165) is 13.8 Å². The molecule has 0 aliphatic carbocycles. The van der Waals surface area contributed by atoms with Crippen LogP contribution in [-0.2, 0) is 9.59 Å². The van der Waals surface area contributed by atoms with Gasteiger partial charge in [0.25, 0.3) is 5.24 Å². The van der Waals surface area contributed by atoms with Gasteiger partial charge < -0.3 is 9.47 Å². The van der Waals surface area contributed by atoms with E-state index in [1.165, 1.54) is 12.1 Å². The Balaban J connectivity index is 3.33. The standard InChI is InChI=1S/C11H8Cl2O5/c1-5(14)17-9-4-7(11(13)16)3-8(12)10(9)18-6(2)15/h3-4H,1-2H3. The Hall–Kier alpha value is -1.59. The van der Waals surface area contributed by atoms with E-state index < -0.39 is 17.2 Å². The highest BCUT2D eigenvalue weighted by Gasteiger charge is 2.18. The zero-order valence-corrected chi connectivity index (χ0v) is 11.0. The van der Waals surface area contributed by atoms with Gasteiger partial charge in [-0.2, -0.15) is 0 Å². The van der Waals surface area contributed by atoms with Crippen molar-refractivity contribution >= 4 is 40.4 Å². The average Bonchev–Trinajstić information content (AvgIpc) is 2.21. The summed E-state index contributed by atoms with van der Waals surface area (Å²) in [7, 11) is 0. The second-order valence-corrected chi connectivity index (χ2v) is 4.00. The fourth-order valence-corrected chi connectivity index (χ4v) is 1.51. The molecule has 18 heavy (non-hydrogen) atoms. The number of carbonyl (C=O) groups excluding carboxylic acids is 3. The molecule has 0 unspecified atom stereocenters. The monoisotopic (exact) mass is 290 g/mol. The van der Waals surface area contributed by atoms with Gasteiger partial charge in [-0.3, -0.25) is 14.4 Å². The number of hydrogen-bond donors (Lipinski definition) is 0. The summed E-state index contributed by atoms with van der Waals surface area (Å²) in [4.78, 5) is 32.9. The lowest BCUT2D eigenvalue weighted by Gasteiger charge is -2.11. The predicted molar refractivity (Wildman–Crippen MR) is 64.3 cm³/mol. The summed E-state index contributed by atoms with van der Waals surface area (Å²) < 4.78 is 9.62. The third-order valence-corrected chi connectivity index (χ3v) is 2.23. The normalized spacial score (nSPS) is 9.78. The molecule has 0 aromatic heterocycles. The molecule has 1 aromatic carbocycles. The molecule has 1 aromatic rings. The maximum absolute atomic E-state index is 11.0. The Morgan fingerprint density at radius 3 is 2.06 bits per heavy atom. The molecule has 0 fully saturated rings. The van der Waals surface area contributed by atoms with E-state index in [4.69, 9.17) is 32.7 Å². The van der Waals surface area contributed by atoms with Crippen LogP contribution in [0, 0.1) is 0 Å². The molecular formula is C11H8Cl2O5. The fourth-order valence-electron chi connectivity index (χ4n) is 1.16. The quantitative estimate of drug-likeness (QED) is 0.486. The van der Waals surface area contributed by atoms with Gasteiger partial charge in [0, 0.05) is 19.4 Å². The van der Waals surface area contributed by atoms with Crippen LogP contribution >= 0.6 is 23.2 Å². The molecule has 5 nitrogen and oxygen atoms in total. The number of hydrogen-bond acceptors (Lipinski definition) is 5. The van der Waals surface area contributed by atoms with Gasteiger partial charge in [-0.15, -0.1) is 0 Å². The molecule has 0 N–H and O–H groups in total. The van der Waals surface area contributed by atoms with Crippen molar-refractivity contribution in [1.29, 1.82) is 0 Å². The van der Waals surface area contributed by atoms with Crippen molar-refractivity contribution in [2.24, 2.45) is 0 Å². The van der Waals surface area contributed by atoms with E-state index >= 15 is 0 Å². The van der Waals surface area contributed by atoms with Crippen LogP contribution in [0.1, 0.15) is 24.2 Å². The van der Waals surface area contributed by atoms with Crippen molar-refractivity contribution in [2.75, 3.05) is 0 Å². The Morgan fingerprint density at radius 1 is 1.06 bits per heavy atom. The molecule has 0 saturated heterocycles. The van der Waals surface area contributed by atoms with Crippen molar-refractivity contribution in [1.82, 2.24) is 0 Å². The van der Waals surface area contributed by atoms with Gasteiger partial charge in [0.15, 0.2) is 11.5 Å². The van der Waals surface area contributed by atoms with Crippen molar-refractivity contribution in [3.63, 3.8) is 0 Å². The molecule has 0 saturated carbocycles. The number of carbonyl (C=O) groups is 3. The number of rotatable bonds is 3. The van der Waals surface area contributed by atoms with Crippen molar-refractivity contribution in [2.45, 2.75) is 13.8 Å². The van der Waals surface area contributed by atoms with Gasteiger partial charge in [0.05, 0.1) is 5.02 Å². The highest BCUT2D eigenvalue weighted by atomic mass is 35.5. The average molecular weight is 291 g/mol. The molecule has 7 heteroatoms. The zero-order chi connectivity index (χ0) is 13.9. The van der Waals surface area contributed by atoms with Gasteiger partial charge in [-0.05, 0) is 23.7 Å². The predicted octanol–water partition coefficient (Wildman–Crippen LogP) is 2.57. The second-order valence-electron chi connectivity index (χ2n) is 3.25. The topological polar surface area (TPSA) is 69.7 Å². The minimum atomic E-state index is -0.778. The molecule has 0 aliphatic rings. The van der Waals surface area contributed by atoms with Crippen LogP contribution in [0.4, 0.5) is 0 Å². The molecule has 0 spiro atoms. The maximum atomic E-state index is 11.0. The minimum absolute atomic E-state index is 0.0221. The van der Waals surface area contributed by atoms with Crippen LogP contribution in [0.3, 0.4) is 0 Å². The SMILES string of the molecule is CC(=O)Oc1cc(C(=O)Cl)cc(Cl)c1OC(C)=O. The summed E-state index contributed by atoms with van der Waals surface area (Å²) in [5, 5.41) is -0.840. The van der Waals surface area contributed by atoms with E-state index in [2.05, 4.69) is 0 Å². The Morgan fingerprint density at radius 2 is 1.61 bits per heavy atom. The smallest absolute Gasteiger partial charge is 0.308 e. The first-order valence-corrected chi connectivity index (χ1v) is 5.47. The molecule has 0 heterocycles. The van der Waals surface area contributed by atoms with E-state index in [0.29, 0.717) is 0 Å². The molecule has 0 amide bonds. The van der Waals surface area contributed by atoms with Crippen LogP contribution in [0.5, 0.6) is 11.5 Å². The lowest BCUT2D eigenvalue weighted by Crippen LogP contribution is -2.08. The van der Waals surface area contributed by atoms with Crippen molar-refractivity contribution in [3.05, 3.63) is 22.7 Å². The highest BCUT2D eigenvalue weighted by molar-refractivity contribution is 6.67. The van der Waals surface area contributed by atoms with Crippen LogP contribution in [0.2, 0.25) is 5.02 Å². The molecule has 0 radical (unpaired) electrons. The lowest BCUT2D eigenvalue weighted by molar-refractivity contribution is -0.134. The van der Waals surface area contributed by atoms with Gasteiger partial charge in [-0.25, -0.2) is 0 Å². The minimum Gasteiger partial charge on any atom is -0.423 e. The Kier molecular flexibility index (Phi) is 4.69. The number of halogens is 2. The summed E-state index contributed by atoms with van der Waals surface area (Å²) in [6.45, 7) is 2.31. The summed E-state index contributed by atoms with van der Waals surface area (Å²) in [6.07, 6.45) is 0. The van der Waals surface area contributed by atoms with Crippen molar-refractivity contribution in [3.8, 4) is 11.5 Å². The number of benzene rings is 1. The van der Waals surface area contributed by atoms with E-state index in [-0.39, 0.29) is 22.1 Å². The first kappa shape index (κ1) is 14.5. The summed E-state index contributed by atoms with van der Waals surface area (Å²) >= 11 is 11.1. The van der Waals surface area contributed by atoms with Crippen LogP contribution < -0.4 is 9.47 Å². The summed E-state index contributed by atoms with van der Waals surface area (Å²) in [5.74, 6) is -1.58. The van der Waals surface area contributed by atoms with E-state index in [1.807, 2.05) is 0 Å². The molecule has 0 bridgehead atoms. The molecular weight excluding hydrogens is 283 g/mol. The van der Waals surface area contributed by atoms with E-state index in [1.54, 1.807) is 0 Å². The largest absolute Gasteiger partial charge is 0.423 e. The fraction of sp³-hybridized carbons (Fsp3) is 0.182. The van der Waals surface area contributed by atoms with Crippen LogP contribution in [0.15, 0.2) is 12.1 Å². The third-order valence-electron chi connectivity index (χ3n) is 1.74. The second kappa shape index (κ2) is 5.84. The summed E-state index contributed by atoms with van der Waals surface area (Å²) in [5.41, 5.74) is 0.0221. The number of ether oxygens (including phenoxy) is 2. The maximum Gasteiger partial charge on any atom is 0.308 e. The first-order valence-electron chi connectivity index (χ1n) is 4.71.